The van der Waals surface area contributed by atoms with Crippen molar-refractivity contribution in [3.8, 4) is 0 Å². The summed E-state index contributed by atoms with van der Waals surface area (Å²) >= 11 is 0. The predicted molar refractivity (Wildman–Crippen MR) is 79.7 cm³/mol. The number of nitrogens with zero attached hydrogens (tertiary/aromatic N) is 2. The normalized spacial score (nSPS) is 23.7. The molecular weight excluding hydrogens is 266 g/mol. The summed E-state index contributed by atoms with van der Waals surface area (Å²) in [7, 11) is 0. The van der Waals surface area contributed by atoms with E-state index in [1.165, 1.54) is 11.8 Å². The minimum absolute atomic E-state index is 0.0225. The average molecular weight is 287 g/mol. The molecule has 1 atom stereocenters. The van der Waals surface area contributed by atoms with Gasteiger partial charge >= 0.3 is 6.03 Å². The molecule has 3 amide bonds. The highest BCUT2D eigenvalue weighted by Crippen LogP contribution is 2.33. The maximum Gasteiger partial charge on any atom is 0.327 e. The fourth-order valence-electron chi connectivity index (χ4n) is 3.31. The molecule has 0 saturated carbocycles. The van der Waals surface area contributed by atoms with E-state index in [-0.39, 0.29) is 24.0 Å². The first-order chi connectivity index (χ1) is 10.2. The molecule has 0 aliphatic carbocycles. The fraction of sp³-hybridized carbons (Fsp3) is 0.500. The Labute approximate surface area is 124 Å². The van der Waals surface area contributed by atoms with E-state index >= 15 is 0 Å². The highest BCUT2D eigenvalue weighted by atomic mass is 16.2. The Morgan fingerprint density at radius 3 is 2.48 bits per heavy atom. The molecule has 1 aromatic carbocycles. The molecular formula is C16H21N3O2. The molecule has 5 heteroatoms. The molecule has 1 N–H and O–H groups in total. The molecule has 2 aliphatic heterocycles. The van der Waals surface area contributed by atoms with Crippen LogP contribution in [0.25, 0.3) is 0 Å². The highest BCUT2D eigenvalue weighted by Gasteiger charge is 2.43. The third-order valence-corrected chi connectivity index (χ3v) is 4.41. The van der Waals surface area contributed by atoms with E-state index in [0.717, 1.165) is 31.5 Å². The summed E-state index contributed by atoms with van der Waals surface area (Å²) in [4.78, 5) is 27.7. The Hall–Kier alpha value is -1.88. The first kappa shape index (κ1) is 14.1. The van der Waals surface area contributed by atoms with E-state index in [2.05, 4.69) is 5.32 Å². The minimum Gasteiger partial charge on any atom is -0.317 e. The summed E-state index contributed by atoms with van der Waals surface area (Å²) in [5.74, 6) is -0.169. The number of carbonyl (C=O) groups is 2. The zero-order valence-electron chi connectivity index (χ0n) is 12.3. The number of urea groups is 1. The van der Waals surface area contributed by atoms with E-state index < -0.39 is 0 Å². The van der Waals surface area contributed by atoms with Crippen molar-refractivity contribution in [1.29, 1.82) is 0 Å². The smallest absolute Gasteiger partial charge is 0.317 e. The highest BCUT2D eigenvalue weighted by molar-refractivity contribution is 5.95. The Balaban J connectivity index is 1.91. The van der Waals surface area contributed by atoms with Gasteiger partial charge in [0.05, 0.1) is 12.6 Å². The van der Waals surface area contributed by atoms with Crippen LogP contribution < -0.4 is 5.32 Å². The van der Waals surface area contributed by atoms with Crippen molar-refractivity contribution in [2.45, 2.75) is 31.8 Å². The third-order valence-electron chi connectivity index (χ3n) is 4.41. The number of hydrogen-bond acceptors (Lipinski definition) is 3. The Kier molecular flexibility index (Phi) is 3.92. The lowest BCUT2D eigenvalue weighted by Crippen LogP contribution is -2.46. The molecule has 0 unspecified atom stereocenters. The fourth-order valence-corrected chi connectivity index (χ4v) is 3.31. The summed E-state index contributed by atoms with van der Waals surface area (Å²) in [5.41, 5.74) is 1.10. The van der Waals surface area contributed by atoms with Gasteiger partial charge in [0, 0.05) is 13.0 Å². The molecule has 0 aromatic heterocycles. The first-order valence-electron chi connectivity index (χ1n) is 7.54. The van der Waals surface area contributed by atoms with Crippen LogP contribution in [0.2, 0.25) is 0 Å². The monoisotopic (exact) mass is 287 g/mol. The lowest BCUT2D eigenvalue weighted by Gasteiger charge is -2.35. The van der Waals surface area contributed by atoms with Crippen molar-refractivity contribution < 1.29 is 9.59 Å². The minimum atomic E-state index is -0.169. The van der Waals surface area contributed by atoms with E-state index in [4.69, 9.17) is 0 Å². The van der Waals surface area contributed by atoms with Crippen LogP contribution in [-0.2, 0) is 4.79 Å². The van der Waals surface area contributed by atoms with Gasteiger partial charge in [0.25, 0.3) is 0 Å². The molecule has 5 nitrogen and oxygen atoms in total. The van der Waals surface area contributed by atoms with Gasteiger partial charge in [0.1, 0.15) is 0 Å². The molecule has 2 aliphatic rings. The van der Waals surface area contributed by atoms with Gasteiger partial charge in [-0.3, -0.25) is 9.69 Å². The van der Waals surface area contributed by atoms with E-state index in [9.17, 15) is 9.59 Å². The third kappa shape index (κ3) is 2.65. The zero-order valence-corrected chi connectivity index (χ0v) is 12.3. The second-order valence-electron chi connectivity index (χ2n) is 5.73. The van der Waals surface area contributed by atoms with Crippen LogP contribution in [0.15, 0.2) is 30.3 Å². The number of imide groups is 1. The quantitative estimate of drug-likeness (QED) is 0.902. The van der Waals surface area contributed by atoms with Gasteiger partial charge < -0.3 is 10.2 Å². The lowest BCUT2D eigenvalue weighted by molar-refractivity contribution is -0.125. The molecule has 21 heavy (non-hydrogen) atoms. The number of carbonyl (C=O) groups excluding carboxylic acids is 2. The summed E-state index contributed by atoms with van der Waals surface area (Å²) < 4.78 is 0. The van der Waals surface area contributed by atoms with Crippen molar-refractivity contribution in [3.05, 3.63) is 35.9 Å². The standard InChI is InChI=1S/C16H21N3O2/c1-12(20)18-11-15(13-5-3-2-4-6-13)19(16(18)21)14-7-9-17-10-8-14/h2-6,14-15,17H,7-11H2,1H3/t15-/m0/s1. The van der Waals surface area contributed by atoms with Crippen molar-refractivity contribution in [3.63, 3.8) is 0 Å². The molecule has 0 radical (unpaired) electrons. The number of benzene rings is 1. The maximum absolute atomic E-state index is 12.6. The van der Waals surface area contributed by atoms with Gasteiger partial charge in [0.15, 0.2) is 0 Å². The van der Waals surface area contributed by atoms with E-state index in [0.29, 0.717) is 6.54 Å². The van der Waals surface area contributed by atoms with Crippen LogP contribution >= 0.6 is 0 Å². The molecule has 1 aromatic rings. The number of rotatable bonds is 2. The van der Waals surface area contributed by atoms with Crippen LogP contribution in [0.4, 0.5) is 4.79 Å². The molecule has 0 bridgehead atoms. The van der Waals surface area contributed by atoms with Gasteiger partial charge in [-0.1, -0.05) is 30.3 Å². The van der Waals surface area contributed by atoms with Gasteiger partial charge in [-0.05, 0) is 31.5 Å². The van der Waals surface area contributed by atoms with Crippen molar-refractivity contribution >= 4 is 11.9 Å². The number of nitrogens with one attached hydrogen (secondary N) is 1. The lowest BCUT2D eigenvalue weighted by atomic mass is 10.00. The topological polar surface area (TPSA) is 52.7 Å². The van der Waals surface area contributed by atoms with Crippen molar-refractivity contribution in [2.24, 2.45) is 0 Å². The van der Waals surface area contributed by atoms with Crippen molar-refractivity contribution in [2.75, 3.05) is 19.6 Å². The van der Waals surface area contributed by atoms with Gasteiger partial charge in [-0.25, -0.2) is 4.79 Å². The first-order valence-corrected chi connectivity index (χ1v) is 7.54. The van der Waals surface area contributed by atoms with Gasteiger partial charge in [0.2, 0.25) is 5.91 Å². The molecule has 2 saturated heterocycles. The number of amides is 3. The molecule has 0 spiro atoms. The zero-order chi connectivity index (χ0) is 14.8. The molecule has 2 fully saturated rings. The largest absolute Gasteiger partial charge is 0.327 e. The maximum atomic E-state index is 12.6. The van der Waals surface area contributed by atoms with E-state index in [1.54, 1.807) is 0 Å². The summed E-state index contributed by atoms with van der Waals surface area (Å²) in [5, 5.41) is 3.32. The Morgan fingerprint density at radius 1 is 1.19 bits per heavy atom. The average Bonchev–Trinajstić information content (AvgIpc) is 2.87. The van der Waals surface area contributed by atoms with Crippen LogP contribution in [-0.4, -0.2) is 47.4 Å². The summed E-state index contributed by atoms with van der Waals surface area (Å²) in [6, 6.07) is 10.1. The van der Waals surface area contributed by atoms with Crippen LogP contribution in [0, 0.1) is 0 Å². The Bertz CT molecular complexity index is 526. The van der Waals surface area contributed by atoms with Crippen LogP contribution in [0.5, 0.6) is 0 Å². The van der Waals surface area contributed by atoms with Crippen molar-refractivity contribution in [1.82, 2.24) is 15.1 Å². The van der Waals surface area contributed by atoms with Gasteiger partial charge in [-0.15, -0.1) is 0 Å². The van der Waals surface area contributed by atoms with E-state index in [1.807, 2.05) is 35.2 Å². The SMILES string of the molecule is CC(=O)N1C[C@@H](c2ccccc2)N(C2CCNCC2)C1=O. The summed E-state index contributed by atoms with van der Waals surface area (Å²) in [6.07, 6.45) is 1.89. The van der Waals surface area contributed by atoms with Gasteiger partial charge in [-0.2, -0.15) is 0 Å². The predicted octanol–water partition coefficient (Wildman–Crippen LogP) is 1.76. The molecule has 3 rings (SSSR count). The number of hydrogen-bond donors (Lipinski definition) is 1. The van der Waals surface area contributed by atoms with Crippen LogP contribution in [0.1, 0.15) is 31.4 Å². The summed E-state index contributed by atoms with van der Waals surface area (Å²) in [6.45, 7) is 3.78. The second kappa shape index (κ2) is 5.85. The Morgan fingerprint density at radius 2 is 1.86 bits per heavy atom. The molecule has 2 heterocycles. The number of piperidine rings is 1. The second-order valence-corrected chi connectivity index (χ2v) is 5.73. The molecule has 112 valence electrons. The van der Waals surface area contributed by atoms with Crippen LogP contribution in [0.3, 0.4) is 0 Å².